The molecule has 0 radical (unpaired) electrons. The normalized spacial score (nSPS) is 22.9. The lowest BCUT2D eigenvalue weighted by Gasteiger charge is -2.36. The van der Waals surface area contributed by atoms with E-state index in [1.165, 1.54) is 0 Å². The van der Waals surface area contributed by atoms with E-state index < -0.39 is 5.54 Å². The van der Waals surface area contributed by atoms with Crippen LogP contribution in [0.1, 0.15) is 23.2 Å². The number of hydrogen-bond donors (Lipinski definition) is 3. The maximum atomic E-state index is 12.4. The van der Waals surface area contributed by atoms with Crippen molar-refractivity contribution in [3.05, 3.63) is 30.1 Å². The molecule has 1 unspecified atom stereocenters. The summed E-state index contributed by atoms with van der Waals surface area (Å²) in [6, 6.07) is 3.63. The standard InChI is InChI=1S/C14H17N3O3/c18-8-14(4-2-6-20-9-14)17-13(19)11-7-16-12-10(11)3-1-5-15-12/h1,3,5,7,18H,2,4,6,8-9H2,(H,15,16)(H,17,19). The molecule has 1 amide bonds. The molecule has 0 aromatic carbocycles. The van der Waals surface area contributed by atoms with Gasteiger partial charge in [-0.25, -0.2) is 4.98 Å². The predicted molar refractivity (Wildman–Crippen MR) is 73.4 cm³/mol. The van der Waals surface area contributed by atoms with Gasteiger partial charge in [-0.2, -0.15) is 0 Å². The van der Waals surface area contributed by atoms with E-state index in [0.29, 0.717) is 24.4 Å². The number of carbonyl (C=O) groups excluding carboxylic acids is 1. The summed E-state index contributed by atoms with van der Waals surface area (Å²) in [6.07, 6.45) is 4.86. The van der Waals surface area contributed by atoms with Gasteiger partial charge in [-0.3, -0.25) is 4.79 Å². The van der Waals surface area contributed by atoms with Crippen molar-refractivity contribution in [1.29, 1.82) is 0 Å². The minimum atomic E-state index is -0.679. The average molecular weight is 275 g/mol. The number of ether oxygens (including phenoxy) is 1. The van der Waals surface area contributed by atoms with E-state index in [2.05, 4.69) is 15.3 Å². The molecule has 3 rings (SSSR count). The van der Waals surface area contributed by atoms with E-state index in [0.717, 1.165) is 18.2 Å². The Kier molecular flexibility index (Phi) is 3.42. The average Bonchev–Trinajstić information content (AvgIpc) is 2.92. The molecule has 0 bridgehead atoms. The molecule has 20 heavy (non-hydrogen) atoms. The third-order valence-electron chi connectivity index (χ3n) is 3.70. The SMILES string of the molecule is O=C(NC1(CO)CCCOC1)c1c[nH]c2ncccc12. The number of hydrogen-bond acceptors (Lipinski definition) is 4. The molecule has 0 aliphatic carbocycles. The molecule has 1 fully saturated rings. The minimum absolute atomic E-state index is 0.126. The number of aliphatic hydroxyl groups excluding tert-OH is 1. The fraction of sp³-hybridized carbons (Fsp3) is 0.429. The summed E-state index contributed by atoms with van der Waals surface area (Å²) in [5.74, 6) is -0.219. The van der Waals surface area contributed by atoms with Crippen LogP contribution in [-0.2, 0) is 4.74 Å². The second kappa shape index (κ2) is 5.22. The van der Waals surface area contributed by atoms with Crippen molar-refractivity contribution < 1.29 is 14.6 Å². The first-order valence-corrected chi connectivity index (χ1v) is 6.67. The Morgan fingerprint density at radius 1 is 1.60 bits per heavy atom. The maximum Gasteiger partial charge on any atom is 0.254 e. The van der Waals surface area contributed by atoms with Crippen molar-refractivity contribution in [2.75, 3.05) is 19.8 Å². The van der Waals surface area contributed by atoms with Crippen LogP contribution in [0.25, 0.3) is 11.0 Å². The lowest BCUT2D eigenvalue weighted by molar-refractivity contribution is -0.00535. The number of amides is 1. The zero-order chi connectivity index (χ0) is 14.0. The van der Waals surface area contributed by atoms with Crippen LogP contribution in [0.3, 0.4) is 0 Å². The van der Waals surface area contributed by atoms with Gasteiger partial charge in [0.15, 0.2) is 0 Å². The lowest BCUT2D eigenvalue weighted by Crippen LogP contribution is -2.56. The number of rotatable bonds is 3. The zero-order valence-electron chi connectivity index (χ0n) is 11.1. The molecule has 106 valence electrons. The highest BCUT2D eigenvalue weighted by atomic mass is 16.5. The summed E-state index contributed by atoms with van der Waals surface area (Å²) in [5, 5.41) is 13.3. The van der Waals surface area contributed by atoms with Gasteiger partial charge in [-0.1, -0.05) is 0 Å². The maximum absolute atomic E-state index is 12.4. The van der Waals surface area contributed by atoms with Gasteiger partial charge in [0, 0.05) is 24.4 Å². The summed E-state index contributed by atoms with van der Waals surface area (Å²) >= 11 is 0. The number of pyridine rings is 1. The molecular weight excluding hydrogens is 258 g/mol. The van der Waals surface area contributed by atoms with Crippen molar-refractivity contribution >= 4 is 16.9 Å². The van der Waals surface area contributed by atoms with Crippen molar-refractivity contribution in [3.8, 4) is 0 Å². The summed E-state index contributed by atoms with van der Waals surface area (Å²) in [5.41, 5.74) is 0.531. The van der Waals surface area contributed by atoms with E-state index in [1.54, 1.807) is 18.5 Å². The fourth-order valence-electron chi connectivity index (χ4n) is 2.57. The number of fused-ring (bicyclic) bond motifs is 1. The highest BCUT2D eigenvalue weighted by Gasteiger charge is 2.34. The van der Waals surface area contributed by atoms with Crippen LogP contribution in [0.5, 0.6) is 0 Å². The Balaban J connectivity index is 1.85. The van der Waals surface area contributed by atoms with Crippen LogP contribution in [0.4, 0.5) is 0 Å². The number of H-pyrrole nitrogens is 1. The molecule has 1 aliphatic heterocycles. The van der Waals surface area contributed by atoms with Crippen molar-refractivity contribution in [1.82, 2.24) is 15.3 Å². The highest BCUT2D eigenvalue weighted by Crippen LogP contribution is 2.21. The molecule has 0 spiro atoms. The van der Waals surface area contributed by atoms with Gasteiger partial charge in [0.1, 0.15) is 5.65 Å². The predicted octanol–water partition coefficient (Wildman–Crippen LogP) is 0.834. The zero-order valence-corrected chi connectivity index (χ0v) is 11.1. The van der Waals surface area contributed by atoms with Crippen LogP contribution >= 0.6 is 0 Å². The van der Waals surface area contributed by atoms with Crippen LogP contribution in [0.2, 0.25) is 0 Å². The summed E-state index contributed by atoms with van der Waals surface area (Å²) in [7, 11) is 0. The van der Waals surface area contributed by atoms with Crippen molar-refractivity contribution in [3.63, 3.8) is 0 Å². The molecule has 2 aromatic rings. The monoisotopic (exact) mass is 275 g/mol. The molecule has 0 saturated carbocycles. The van der Waals surface area contributed by atoms with E-state index in [4.69, 9.17) is 4.74 Å². The van der Waals surface area contributed by atoms with Gasteiger partial charge in [0.2, 0.25) is 0 Å². The quantitative estimate of drug-likeness (QED) is 0.774. The summed E-state index contributed by atoms with van der Waals surface area (Å²) < 4.78 is 5.39. The molecule has 3 N–H and O–H groups in total. The van der Waals surface area contributed by atoms with Crippen molar-refractivity contribution in [2.24, 2.45) is 0 Å². The largest absolute Gasteiger partial charge is 0.394 e. The van der Waals surface area contributed by atoms with Gasteiger partial charge in [-0.05, 0) is 25.0 Å². The minimum Gasteiger partial charge on any atom is -0.394 e. The summed E-state index contributed by atoms with van der Waals surface area (Å²) in [4.78, 5) is 19.6. The molecule has 1 atom stereocenters. The van der Waals surface area contributed by atoms with Gasteiger partial charge in [-0.15, -0.1) is 0 Å². The van der Waals surface area contributed by atoms with Gasteiger partial charge in [0.05, 0.1) is 24.3 Å². The lowest BCUT2D eigenvalue weighted by atomic mass is 9.93. The van der Waals surface area contributed by atoms with Gasteiger partial charge < -0.3 is 20.1 Å². The molecule has 1 saturated heterocycles. The molecule has 3 heterocycles. The smallest absolute Gasteiger partial charge is 0.254 e. The third-order valence-corrected chi connectivity index (χ3v) is 3.70. The van der Waals surface area contributed by atoms with Crippen LogP contribution < -0.4 is 5.32 Å². The molecular formula is C14H17N3O3. The Hall–Kier alpha value is -1.92. The molecule has 6 nitrogen and oxygen atoms in total. The second-order valence-corrected chi connectivity index (χ2v) is 5.15. The van der Waals surface area contributed by atoms with Crippen molar-refractivity contribution in [2.45, 2.75) is 18.4 Å². The van der Waals surface area contributed by atoms with E-state index in [9.17, 15) is 9.90 Å². The Labute approximate surface area is 116 Å². The van der Waals surface area contributed by atoms with E-state index in [1.807, 2.05) is 6.07 Å². The van der Waals surface area contributed by atoms with E-state index >= 15 is 0 Å². The third kappa shape index (κ3) is 2.28. The number of aromatic nitrogens is 2. The highest BCUT2D eigenvalue weighted by molar-refractivity contribution is 6.06. The summed E-state index contributed by atoms with van der Waals surface area (Å²) in [6.45, 7) is 0.893. The number of carbonyl (C=O) groups is 1. The van der Waals surface area contributed by atoms with Gasteiger partial charge >= 0.3 is 0 Å². The van der Waals surface area contributed by atoms with Crippen LogP contribution in [-0.4, -0.2) is 46.3 Å². The Morgan fingerprint density at radius 3 is 3.25 bits per heavy atom. The number of aromatic amines is 1. The number of nitrogens with one attached hydrogen (secondary N) is 2. The molecule has 2 aromatic heterocycles. The first-order chi connectivity index (χ1) is 9.74. The topological polar surface area (TPSA) is 87.2 Å². The first-order valence-electron chi connectivity index (χ1n) is 6.67. The number of aliphatic hydroxyl groups is 1. The van der Waals surface area contributed by atoms with Gasteiger partial charge in [0.25, 0.3) is 5.91 Å². The van der Waals surface area contributed by atoms with Crippen LogP contribution in [0.15, 0.2) is 24.5 Å². The molecule has 6 heteroatoms. The number of nitrogens with zero attached hydrogens (tertiary/aromatic N) is 1. The fourth-order valence-corrected chi connectivity index (χ4v) is 2.57. The Bertz CT molecular complexity index is 617. The van der Waals surface area contributed by atoms with E-state index in [-0.39, 0.29) is 12.5 Å². The van der Waals surface area contributed by atoms with Crippen LogP contribution in [0, 0.1) is 0 Å². The first kappa shape index (κ1) is 13.1. The Morgan fingerprint density at radius 2 is 2.50 bits per heavy atom. The molecule has 1 aliphatic rings. The second-order valence-electron chi connectivity index (χ2n) is 5.15.